The molecule has 6 heteroatoms. The SMILES string of the molecule is CCCC[C@]1(CC)CS(=O)(=O)c2cc(CNC(CC)CC)c(OC)cc2[C@@H](c2ccccc2)N1. The van der Waals surface area contributed by atoms with Gasteiger partial charge in [-0.3, -0.25) is 5.32 Å². The summed E-state index contributed by atoms with van der Waals surface area (Å²) >= 11 is 0. The molecular weight excluding hydrogens is 444 g/mol. The zero-order chi connectivity index (χ0) is 24.8. The zero-order valence-corrected chi connectivity index (χ0v) is 22.3. The molecule has 0 aromatic heterocycles. The second kappa shape index (κ2) is 11.7. The molecule has 0 saturated carbocycles. The van der Waals surface area contributed by atoms with Crippen molar-refractivity contribution in [3.05, 3.63) is 59.2 Å². The van der Waals surface area contributed by atoms with Crippen molar-refractivity contribution in [1.29, 1.82) is 0 Å². The normalized spacial score (nSPS) is 21.8. The van der Waals surface area contributed by atoms with Gasteiger partial charge in [-0.25, -0.2) is 8.42 Å². The van der Waals surface area contributed by atoms with Crippen LogP contribution in [0.2, 0.25) is 0 Å². The number of sulfone groups is 1. The van der Waals surface area contributed by atoms with Crippen molar-refractivity contribution >= 4 is 9.84 Å². The van der Waals surface area contributed by atoms with Gasteiger partial charge in [0.05, 0.1) is 23.8 Å². The molecule has 2 N–H and O–H groups in total. The van der Waals surface area contributed by atoms with Crippen LogP contribution in [-0.4, -0.2) is 32.9 Å². The third kappa shape index (κ3) is 5.84. The van der Waals surface area contributed by atoms with Crippen LogP contribution < -0.4 is 15.4 Å². The van der Waals surface area contributed by atoms with Gasteiger partial charge in [0.2, 0.25) is 0 Å². The molecular formula is C28H42N2O3S. The summed E-state index contributed by atoms with van der Waals surface area (Å²) in [7, 11) is -1.85. The number of ether oxygens (including phenoxy) is 1. The van der Waals surface area contributed by atoms with Gasteiger partial charge in [0.25, 0.3) is 0 Å². The highest BCUT2D eigenvalue weighted by Crippen LogP contribution is 2.40. The van der Waals surface area contributed by atoms with Crippen LogP contribution in [0.15, 0.2) is 47.4 Å². The molecule has 0 saturated heterocycles. The van der Waals surface area contributed by atoms with Gasteiger partial charge in [0.1, 0.15) is 5.75 Å². The topological polar surface area (TPSA) is 67.4 Å². The molecule has 5 nitrogen and oxygen atoms in total. The first-order valence-electron chi connectivity index (χ1n) is 12.8. The number of rotatable bonds is 11. The van der Waals surface area contributed by atoms with Crippen molar-refractivity contribution in [2.75, 3.05) is 12.9 Å². The number of nitrogens with one attached hydrogen (secondary N) is 2. The van der Waals surface area contributed by atoms with Gasteiger partial charge in [0.15, 0.2) is 9.84 Å². The second-order valence-corrected chi connectivity index (χ2v) is 11.5. The molecule has 0 amide bonds. The fraction of sp³-hybridized carbons (Fsp3) is 0.571. The fourth-order valence-corrected chi connectivity index (χ4v) is 7.26. The van der Waals surface area contributed by atoms with Crippen LogP contribution in [0.1, 0.15) is 89.0 Å². The Labute approximate surface area is 206 Å². The lowest BCUT2D eigenvalue weighted by Crippen LogP contribution is -2.50. The van der Waals surface area contributed by atoms with Gasteiger partial charge in [-0.15, -0.1) is 0 Å². The van der Waals surface area contributed by atoms with E-state index in [2.05, 4.69) is 50.5 Å². The van der Waals surface area contributed by atoms with Gasteiger partial charge in [-0.2, -0.15) is 0 Å². The average Bonchev–Trinajstić information content (AvgIpc) is 2.95. The molecule has 2 atom stereocenters. The highest BCUT2D eigenvalue weighted by molar-refractivity contribution is 7.91. The van der Waals surface area contributed by atoms with E-state index < -0.39 is 15.4 Å². The molecule has 0 fully saturated rings. The Balaban J connectivity index is 2.17. The highest BCUT2D eigenvalue weighted by Gasteiger charge is 2.42. The summed E-state index contributed by atoms with van der Waals surface area (Å²) in [4.78, 5) is 0.433. The predicted molar refractivity (Wildman–Crippen MR) is 140 cm³/mol. The lowest BCUT2D eigenvalue weighted by atomic mass is 9.88. The summed E-state index contributed by atoms with van der Waals surface area (Å²) < 4.78 is 33.6. The average molecular weight is 487 g/mol. The Morgan fingerprint density at radius 2 is 1.82 bits per heavy atom. The van der Waals surface area contributed by atoms with Gasteiger partial charge in [0, 0.05) is 23.7 Å². The summed E-state index contributed by atoms with van der Waals surface area (Å²) in [5.74, 6) is 0.839. The number of benzene rings is 2. The number of hydrogen-bond donors (Lipinski definition) is 2. The van der Waals surface area contributed by atoms with Crippen LogP contribution in [0, 0.1) is 0 Å². The molecule has 34 heavy (non-hydrogen) atoms. The largest absolute Gasteiger partial charge is 0.496 e. The van der Waals surface area contributed by atoms with Crippen LogP contribution in [0.25, 0.3) is 0 Å². The number of hydrogen-bond acceptors (Lipinski definition) is 5. The van der Waals surface area contributed by atoms with E-state index in [0.717, 1.165) is 61.0 Å². The Kier molecular flexibility index (Phi) is 9.19. The Bertz CT molecular complexity index is 1040. The molecule has 188 valence electrons. The van der Waals surface area contributed by atoms with E-state index in [1.165, 1.54) is 0 Å². The maximum Gasteiger partial charge on any atom is 0.180 e. The Morgan fingerprint density at radius 1 is 1.12 bits per heavy atom. The van der Waals surface area contributed by atoms with Gasteiger partial charge >= 0.3 is 0 Å². The minimum absolute atomic E-state index is 0.110. The first kappa shape index (κ1) is 26.7. The van der Waals surface area contributed by atoms with Crippen molar-refractivity contribution in [1.82, 2.24) is 10.6 Å². The van der Waals surface area contributed by atoms with Gasteiger partial charge < -0.3 is 10.1 Å². The molecule has 0 unspecified atom stereocenters. The van der Waals surface area contributed by atoms with Crippen LogP contribution in [0.4, 0.5) is 0 Å². The summed E-state index contributed by atoms with van der Waals surface area (Å²) in [6.07, 6.45) is 5.66. The molecule has 2 aromatic rings. The van der Waals surface area contributed by atoms with Crippen LogP contribution in [-0.2, 0) is 16.4 Å². The first-order chi connectivity index (χ1) is 16.3. The maximum absolute atomic E-state index is 13.9. The predicted octanol–water partition coefficient (Wildman–Crippen LogP) is 5.78. The summed E-state index contributed by atoms with van der Waals surface area (Å²) in [6, 6.07) is 14.2. The van der Waals surface area contributed by atoms with E-state index in [9.17, 15) is 8.42 Å². The van der Waals surface area contributed by atoms with Crippen molar-refractivity contribution < 1.29 is 13.2 Å². The van der Waals surface area contributed by atoms with Crippen molar-refractivity contribution in [3.8, 4) is 5.75 Å². The lowest BCUT2D eigenvalue weighted by Gasteiger charge is -2.36. The quantitative estimate of drug-likeness (QED) is 0.421. The van der Waals surface area contributed by atoms with E-state index in [-0.39, 0.29) is 11.8 Å². The molecule has 0 aliphatic carbocycles. The minimum Gasteiger partial charge on any atom is -0.496 e. The molecule has 0 spiro atoms. The summed E-state index contributed by atoms with van der Waals surface area (Å²) in [5, 5.41) is 7.40. The van der Waals surface area contributed by atoms with Crippen molar-refractivity contribution in [3.63, 3.8) is 0 Å². The molecule has 1 aliphatic heterocycles. The molecule has 3 rings (SSSR count). The van der Waals surface area contributed by atoms with Crippen LogP contribution in [0.5, 0.6) is 5.75 Å². The number of methoxy groups -OCH3 is 1. The summed E-state index contributed by atoms with van der Waals surface area (Å²) in [5.41, 5.74) is 2.26. The van der Waals surface area contributed by atoms with E-state index >= 15 is 0 Å². The Morgan fingerprint density at radius 3 is 2.41 bits per heavy atom. The number of unbranched alkanes of at least 4 members (excludes halogenated alkanes) is 1. The minimum atomic E-state index is -3.51. The number of fused-ring (bicyclic) bond motifs is 1. The van der Waals surface area contributed by atoms with Crippen molar-refractivity contribution in [2.24, 2.45) is 0 Å². The smallest absolute Gasteiger partial charge is 0.180 e. The molecule has 0 bridgehead atoms. The summed E-state index contributed by atoms with van der Waals surface area (Å²) in [6.45, 7) is 9.16. The van der Waals surface area contributed by atoms with Gasteiger partial charge in [-0.05, 0) is 48.9 Å². The zero-order valence-electron chi connectivity index (χ0n) is 21.5. The van der Waals surface area contributed by atoms with Crippen molar-refractivity contribution in [2.45, 2.75) is 95.3 Å². The monoisotopic (exact) mass is 486 g/mol. The molecule has 0 radical (unpaired) electrons. The third-order valence-electron chi connectivity index (χ3n) is 7.36. The maximum atomic E-state index is 13.9. The van der Waals surface area contributed by atoms with E-state index in [1.54, 1.807) is 7.11 Å². The molecule has 2 aromatic carbocycles. The van der Waals surface area contributed by atoms with Crippen LogP contribution >= 0.6 is 0 Å². The first-order valence-corrected chi connectivity index (χ1v) is 14.5. The Hall–Kier alpha value is -1.89. The third-order valence-corrected chi connectivity index (χ3v) is 9.32. The van der Waals surface area contributed by atoms with Crippen LogP contribution in [0.3, 0.4) is 0 Å². The fourth-order valence-electron chi connectivity index (χ4n) is 5.09. The highest BCUT2D eigenvalue weighted by atomic mass is 32.2. The standard InChI is InChI=1S/C28H42N2O3S/c1-6-10-16-28(9-4)20-34(31,32)26-17-22(19-29-23(7-2)8-3)25(33-5)18-24(26)27(30-28)21-14-12-11-13-15-21/h11-15,17-18,23,27,29-30H,6-10,16,19-20H2,1-5H3/t27-,28-/m1/s1. The van der Waals surface area contributed by atoms with Gasteiger partial charge in [-0.1, -0.05) is 70.9 Å². The lowest BCUT2D eigenvalue weighted by molar-refractivity contribution is 0.294. The molecule has 1 heterocycles. The van der Waals surface area contributed by atoms with E-state index in [4.69, 9.17) is 4.74 Å². The second-order valence-electron chi connectivity index (χ2n) is 9.58. The van der Waals surface area contributed by atoms with E-state index in [0.29, 0.717) is 17.5 Å². The molecule has 1 aliphatic rings. The van der Waals surface area contributed by atoms with E-state index in [1.807, 2.05) is 30.3 Å².